The van der Waals surface area contributed by atoms with Crippen molar-refractivity contribution in [1.82, 2.24) is 0 Å². The molecule has 0 amide bonds. The van der Waals surface area contributed by atoms with Crippen molar-refractivity contribution < 1.29 is 31.0 Å². The molecular formula is C6H5BNNa. The van der Waals surface area contributed by atoms with Crippen LogP contribution < -0.4 is 29.6 Å². The van der Waals surface area contributed by atoms with Gasteiger partial charge in [0.1, 0.15) is 0 Å². The van der Waals surface area contributed by atoms with Gasteiger partial charge >= 0.3 is 77.4 Å². The van der Waals surface area contributed by atoms with Crippen LogP contribution in [-0.4, -0.2) is 6.91 Å². The molecule has 0 bridgehead atoms. The SMILES string of the molecule is N#Cc1bcccc1.[H-].[Na+]. The predicted molar refractivity (Wildman–Crippen MR) is 33.6 cm³/mol. The molecule has 1 aromatic rings. The van der Waals surface area contributed by atoms with Crippen molar-refractivity contribution in [3.05, 3.63) is 29.6 Å². The smallest absolute Gasteiger partial charge is 1.00 e. The topological polar surface area (TPSA) is 23.8 Å². The van der Waals surface area contributed by atoms with Crippen molar-refractivity contribution >= 4 is 6.91 Å². The van der Waals surface area contributed by atoms with Crippen LogP contribution in [0.4, 0.5) is 0 Å². The van der Waals surface area contributed by atoms with Gasteiger partial charge in [-0.25, -0.2) is 0 Å². The molecule has 0 aromatic carbocycles. The maximum absolute atomic E-state index is 8.29. The molecule has 1 aromatic heterocycles. The summed E-state index contributed by atoms with van der Waals surface area (Å²) in [7, 11) is 0. The van der Waals surface area contributed by atoms with E-state index in [1.165, 1.54) is 0 Å². The summed E-state index contributed by atoms with van der Waals surface area (Å²) in [5.74, 6) is 1.85. The quantitative estimate of drug-likeness (QED) is 0.368. The Hall–Kier alpha value is -0.0951. The predicted octanol–water partition coefficient (Wildman–Crippen LogP) is -1.99. The van der Waals surface area contributed by atoms with E-state index in [4.69, 9.17) is 5.26 Å². The van der Waals surface area contributed by atoms with Crippen molar-refractivity contribution in [2.75, 3.05) is 0 Å². The van der Waals surface area contributed by atoms with Crippen LogP contribution in [0.25, 0.3) is 0 Å². The Labute approximate surface area is 78.7 Å². The minimum absolute atomic E-state index is 0. The zero-order chi connectivity index (χ0) is 5.82. The summed E-state index contributed by atoms with van der Waals surface area (Å²) in [5, 5.41) is 8.29. The normalized spacial score (nSPS) is 6.56. The number of rotatable bonds is 0. The average Bonchev–Trinajstić information content (AvgIpc) is 1.90. The van der Waals surface area contributed by atoms with E-state index in [2.05, 4.69) is 0 Å². The Morgan fingerprint density at radius 1 is 1.56 bits per heavy atom. The monoisotopic (exact) mass is 125 g/mol. The second-order valence-electron chi connectivity index (χ2n) is 1.48. The second-order valence-corrected chi connectivity index (χ2v) is 1.48. The summed E-state index contributed by atoms with van der Waals surface area (Å²) in [6, 6.07) is 7.54. The summed E-state index contributed by atoms with van der Waals surface area (Å²) < 4.78 is 0. The molecule has 0 aliphatic heterocycles. The molecule has 0 saturated heterocycles. The number of hydrogen-bond acceptors (Lipinski definition) is 1. The summed E-state index contributed by atoms with van der Waals surface area (Å²) >= 11 is 0. The van der Waals surface area contributed by atoms with Crippen LogP contribution in [0.1, 0.15) is 6.89 Å². The molecule has 0 aliphatic carbocycles. The van der Waals surface area contributed by atoms with Crippen molar-refractivity contribution in [3.63, 3.8) is 0 Å². The van der Waals surface area contributed by atoms with Crippen LogP contribution >= 0.6 is 0 Å². The van der Waals surface area contributed by atoms with Gasteiger partial charge in [-0.1, -0.05) is 0 Å². The van der Waals surface area contributed by atoms with Gasteiger partial charge in [0.2, 0.25) is 0 Å². The maximum Gasteiger partial charge on any atom is 1.00 e. The molecule has 1 rings (SSSR count). The average molecular weight is 125 g/mol. The zero-order valence-electron chi connectivity index (χ0n) is 6.33. The molecule has 0 radical (unpaired) electrons. The van der Waals surface area contributed by atoms with Gasteiger partial charge < -0.3 is 1.43 Å². The van der Waals surface area contributed by atoms with E-state index in [9.17, 15) is 0 Å². The van der Waals surface area contributed by atoms with Gasteiger partial charge in [-0.2, -0.15) is 0 Å². The molecule has 0 N–H and O–H groups in total. The van der Waals surface area contributed by atoms with E-state index in [0.717, 1.165) is 0 Å². The Morgan fingerprint density at radius 2 is 2.33 bits per heavy atom. The van der Waals surface area contributed by atoms with Crippen molar-refractivity contribution in [3.8, 4) is 6.07 Å². The molecule has 0 atom stereocenters. The zero-order valence-corrected chi connectivity index (χ0v) is 7.33. The van der Waals surface area contributed by atoms with Gasteiger partial charge in [0.15, 0.2) is 0 Å². The van der Waals surface area contributed by atoms with Crippen LogP contribution in [0.3, 0.4) is 0 Å². The number of nitriles is 1. The molecule has 0 aliphatic rings. The number of nitrogens with zero attached hydrogens (tertiary/aromatic N) is 1. The van der Waals surface area contributed by atoms with Gasteiger partial charge in [-0.3, -0.25) is 0 Å². The van der Waals surface area contributed by atoms with E-state index < -0.39 is 0 Å². The molecule has 38 valence electrons. The third kappa shape index (κ3) is 2.81. The van der Waals surface area contributed by atoms with Crippen molar-refractivity contribution in [1.29, 1.82) is 5.26 Å². The number of hydrogen-bond donors (Lipinski definition) is 0. The van der Waals surface area contributed by atoms with Gasteiger partial charge in [0, 0.05) is 0 Å². The van der Waals surface area contributed by atoms with Crippen LogP contribution in [0.15, 0.2) is 24.2 Å². The summed E-state index contributed by atoms with van der Waals surface area (Å²) in [5.41, 5.74) is 0.715. The standard InChI is InChI=1S/C6H4BN.Na.H/c8-5-6-3-1-2-4-7-6;;/h1-4H;;/q;+1;-1. The Balaban J connectivity index is 0. The third-order valence-electron chi connectivity index (χ3n) is 0.903. The van der Waals surface area contributed by atoms with E-state index in [-0.39, 0.29) is 31.0 Å². The molecule has 0 fully saturated rings. The van der Waals surface area contributed by atoms with Gasteiger partial charge in [0.25, 0.3) is 0 Å². The third-order valence-corrected chi connectivity index (χ3v) is 0.903. The fraction of sp³-hybridized carbons (Fsp3) is 0. The van der Waals surface area contributed by atoms with E-state index in [1.54, 1.807) is 13.0 Å². The first-order valence-electron chi connectivity index (χ1n) is 2.38. The van der Waals surface area contributed by atoms with E-state index in [1.807, 2.05) is 24.2 Å². The van der Waals surface area contributed by atoms with Crippen LogP contribution in [0.5, 0.6) is 0 Å². The van der Waals surface area contributed by atoms with Crippen molar-refractivity contribution in [2.24, 2.45) is 0 Å². The second kappa shape index (κ2) is 4.75. The minimum Gasteiger partial charge on any atom is -1.00 e. The molecule has 3 heteroatoms. The molecule has 0 unspecified atom stereocenters. The van der Waals surface area contributed by atoms with Crippen LogP contribution in [-0.2, 0) is 0 Å². The minimum atomic E-state index is 0. The Bertz CT molecular complexity index is 209. The molecule has 0 saturated carbocycles. The first kappa shape index (κ1) is 8.90. The molecule has 1 nitrogen and oxygen atoms in total. The largest absolute Gasteiger partial charge is 1.00 e. The molecule has 0 spiro atoms. The Kier molecular flexibility index (Phi) is 4.70. The summed E-state index contributed by atoms with van der Waals surface area (Å²) in [6.07, 6.45) is 0. The fourth-order valence-electron chi connectivity index (χ4n) is 0.513. The molecule has 9 heavy (non-hydrogen) atoms. The van der Waals surface area contributed by atoms with Gasteiger partial charge in [-0.05, 0) is 0 Å². The summed E-state index contributed by atoms with van der Waals surface area (Å²) in [6.45, 7) is 1.78. The molecular weight excluding hydrogens is 120 g/mol. The Morgan fingerprint density at radius 3 is 2.67 bits per heavy atom. The molecule has 1 heterocycles. The van der Waals surface area contributed by atoms with Crippen LogP contribution in [0, 0.1) is 11.3 Å². The maximum atomic E-state index is 8.29. The van der Waals surface area contributed by atoms with E-state index in [0.29, 0.717) is 5.46 Å². The summed E-state index contributed by atoms with van der Waals surface area (Å²) in [4.78, 5) is 0. The van der Waals surface area contributed by atoms with E-state index >= 15 is 0 Å². The van der Waals surface area contributed by atoms with Gasteiger partial charge in [0.05, 0.1) is 0 Å². The first-order chi connectivity index (χ1) is 3.93. The van der Waals surface area contributed by atoms with Gasteiger partial charge in [-0.15, -0.1) is 0 Å². The van der Waals surface area contributed by atoms with Crippen LogP contribution in [0.2, 0.25) is 0 Å². The fourth-order valence-corrected chi connectivity index (χ4v) is 0.513. The first-order valence-corrected chi connectivity index (χ1v) is 2.38. The van der Waals surface area contributed by atoms with Crippen molar-refractivity contribution in [2.45, 2.75) is 0 Å².